The maximum atomic E-state index is 3.76. The van der Waals surface area contributed by atoms with Gasteiger partial charge in [0.15, 0.2) is 0 Å². The van der Waals surface area contributed by atoms with Crippen LogP contribution in [-0.4, -0.2) is 37.1 Å². The van der Waals surface area contributed by atoms with Crippen LogP contribution in [0, 0.1) is 17.3 Å². The fourth-order valence-electron chi connectivity index (χ4n) is 4.73. The minimum absolute atomic E-state index is 0.540. The summed E-state index contributed by atoms with van der Waals surface area (Å²) in [6.45, 7) is 14.7. The van der Waals surface area contributed by atoms with E-state index in [0.717, 1.165) is 17.9 Å². The van der Waals surface area contributed by atoms with Gasteiger partial charge in [0.25, 0.3) is 0 Å². The highest BCUT2D eigenvalue weighted by atomic mass is 15.2. The molecular weight excluding hydrogens is 256 g/mol. The van der Waals surface area contributed by atoms with Gasteiger partial charge in [-0.15, -0.1) is 0 Å². The van der Waals surface area contributed by atoms with Gasteiger partial charge in [0.2, 0.25) is 0 Å². The van der Waals surface area contributed by atoms with Crippen molar-refractivity contribution in [2.45, 2.75) is 78.7 Å². The molecule has 0 aromatic rings. The topological polar surface area (TPSA) is 15.3 Å². The molecule has 2 rings (SSSR count). The highest BCUT2D eigenvalue weighted by Gasteiger charge is 2.38. The van der Waals surface area contributed by atoms with E-state index in [4.69, 9.17) is 0 Å². The van der Waals surface area contributed by atoms with Gasteiger partial charge in [0.05, 0.1) is 0 Å². The Morgan fingerprint density at radius 2 is 1.95 bits per heavy atom. The largest absolute Gasteiger partial charge is 0.316 e. The maximum absolute atomic E-state index is 3.76. The van der Waals surface area contributed by atoms with Gasteiger partial charge in [0, 0.05) is 19.1 Å². The molecule has 2 aliphatic rings. The Labute approximate surface area is 133 Å². The van der Waals surface area contributed by atoms with E-state index in [-0.39, 0.29) is 0 Å². The average Bonchev–Trinajstić information content (AvgIpc) is 2.44. The molecule has 0 aromatic carbocycles. The molecule has 1 saturated carbocycles. The van der Waals surface area contributed by atoms with Gasteiger partial charge in [-0.25, -0.2) is 0 Å². The van der Waals surface area contributed by atoms with Gasteiger partial charge in [-0.1, -0.05) is 33.6 Å². The molecule has 2 nitrogen and oxygen atoms in total. The molecule has 1 aliphatic heterocycles. The fraction of sp³-hybridized carbons (Fsp3) is 1.00. The Hall–Kier alpha value is -0.0800. The third-order valence-electron chi connectivity index (χ3n) is 6.16. The van der Waals surface area contributed by atoms with Gasteiger partial charge >= 0.3 is 0 Å². The van der Waals surface area contributed by atoms with E-state index >= 15 is 0 Å². The number of hydrogen-bond acceptors (Lipinski definition) is 2. The Morgan fingerprint density at radius 3 is 2.67 bits per heavy atom. The molecule has 1 heterocycles. The van der Waals surface area contributed by atoms with E-state index in [1.165, 1.54) is 71.1 Å². The zero-order valence-corrected chi connectivity index (χ0v) is 15.0. The predicted molar refractivity (Wildman–Crippen MR) is 92.7 cm³/mol. The standard InChI is InChI=1S/C19H38N2/c1-5-11-20-14-19(10-6-8-16(2)13-19)15-21-12-7-9-17(3)18(21)4/h16-18,20H,5-15H2,1-4H3. The van der Waals surface area contributed by atoms with Crippen molar-refractivity contribution in [2.75, 3.05) is 26.2 Å². The molecule has 2 heteroatoms. The molecule has 1 saturated heterocycles. The summed E-state index contributed by atoms with van der Waals surface area (Å²) in [6, 6.07) is 0.777. The zero-order chi connectivity index (χ0) is 15.3. The van der Waals surface area contributed by atoms with Crippen molar-refractivity contribution in [3.05, 3.63) is 0 Å². The van der Waals surface area contributed by atoms with E-state index in [2.05, 4.69) is 37.9 Å². The normalized spacial score (nSPS) is 38.6. The molecule has 0 spiro atoms. The lowest BCUT2D eigenvalue weighted by molar-refractivity contribution is 0.0287. The van der Waals surface area contributed by atoms with Crippen molar-refractivity contribution in [3.63, 3.8) is 0 Å². The maximum Gasteiger partial charge on any atom is 0.00928 e. The molecule has 124 valence electrons. The molecule has 0 bridgehead atoms. The number of nitrogens with zero attached hydrogens (tertiary/aromatic N) is 1. The van der Waals surface area contributed by atoms with E-state index in [9.17, 15) is 0 Å². The second-order valence-corrected chi connectivity index (χ2v) is 8.21. The van der Waals surface area contributed by atoms with Crippen LogP contribution in [0.1, 0.15) is 72.6 Å². The highest BCUT2D eigenvalue weighted by molar-refractivity contribution is 4.92. The number of likely N-dealkylation sites (tertiary alicyclic amines) is 1. The van der Waals surface area contributed by atoms with Gasteiger partial charge < -0.3 is 5.32 Å². The second kappa shape index (κ2) is 7.97. The molecule has 4 atom stereocenters. The van der Waals surface area contributed by atoms with Crippen LogP contribution in [0.15, 0.2) is 0 Å². The Kier molecular flexibility index (Phi) is 6.55. The Morgan fingerprint density at radius 1 is 1.14 bits per heavy atom. The van der Waals surface area contributed by atoms with Crippen molar-refractivity contribution >= 4 is 0 Å². The molecule has 1 aliphatic carbocycles. The summed E-state index contributed by atoms with van der Waals surface area (Å²) in [5, 5.41) is 3.76. The SMILES string of the molecule is CCCNCC1(CN2CCCC(C)C2C)CCCC(C)C1. The van der Waals surface area contributed by atoms with Crippen molar-refractivity contribution in [1.82, 2.24) is 10.2 Å². The molecule has 1 N–H and O–H groups in total. The van der Waals surface area contributed by atoms with Crippen LogP contribution in [0.4, 0.5) is 0 Å². The third kappa shape index (κ3) is 4.69. The van der Waals surface area contributed by atoms with Gasteiger partial charge in [-0.3, -0.25) is 4.90 Å². The molecule has 4 unspecified atom stereocenters. The summed E-state index contributed by atoms with van der Waals surface area (Å²) in [6.07, 6.45) is 9.83. The zero-order valence-electron chi connectivity index (χ0n) is 15.0. The molecule has 0 aromatic heterocycles. The van der Waals surface area contributed by atoms with Crippen LogP contribution in [-0.2, 0) is 0 Å². The molecule has 0 radical (unpaired) electrons. The minimum Gasteiger partial charge on any atom is -0.316 e. The van der Waals surface area contributed by atoms with Crippen LogP contribution in [0.3, 0.4) is 0 Å². The quantitative estimate of drug-likeness (QED) is 0.735. The lowest BCUT2D eigenvalue weighted by Gasteiger charge is -2.47. The summed E-state index contributed by atoms with van der Waals surface area (Å²) >= 11 is 0. The van der Waals surface area contributed by atoms with E-state index < -0.39 is 0 Å². The first kappa shape index (κ1) is 17.3. The first-order valence-electron chi connectivity index (χ1n) is 9.51. The van der Waals surface area contributed by atoms with Crippen LogP contribution in [0.2, 0.25) is 0 Å². The van der Waals surface area contributed by atoms with Gasteiger partial charge in [0.1, 0.15) is 0 Å². The summed E-state index contributed by atoms with van der Waals surface area (Å²) in [5.74, 6) is 1.79. The molecule has 2 fully saturated rings. The van der Waals surface area contributed by atoms with E-state index in [1.807, 2.05) is 0 Å². The van der Waals surface area contributed by atoms with Gasteiger partial charge in [-0.2, -0.15) is 0 Å². The molecule has 0 amide bonds. The predicted octanol–water partition coefficient (Wildman–Crippen LogP) is 4.30. The van der Waals surface area contributed by atoms with Crippen LogP contribution < -0.4 is 5.32 Å². The van der Waals surface area contributed by atoms with Crippen LogP contribution in [0.5, 0.6) is 0 Å². The van der Waals surface area contributed by atoms with Crippen molar-refractivity contribution < 1.29 is 0 Å². The van der Waals surface area contributed by atoms with Gasteiger partial charge in [-0.05, 0) is 69.4 Å². The molecule has 21 heavy (non-hydrogen) atoms. The lowest BCUT2D eigenvalue weighted by Crippen LogP contribution is -2.52. The number of rotatable bonds is 6. The van der Waals surface area contributed by atoms with Crippen LogP contribution in [0.25, 0.3) is 0 Å². The number of nitrogens with one attached hydrogen (secondary N) is 1. The third-order valence-corrected chi connectivity index (χ3v) is 6.16. The summed E-state index contributed by atoms with van der Waals surface area (Å²) < 4.78 is 0. The van der Waals surface area contributed by atoms with Crippen molar-refractivity contribution in [1.29, 1.82) is 0 Å². The smallest absolute Gasteiger partial charge is 0.00928 e. The lowest BCUT2D eigenvalue weighted by atomic mass is 9.69. The monoisotopic (exact) mass is 294 g/mol. The first-order valence-corrected chi connectivity index (χ1v) is 9.51. The summed E-state index contributed by atoms with van der Waals surface area (Å²) in [7, 11) is 0. The number of hydrogen-bond donors (Lipinski definition) is 1. The van der Waals surface area contributed by atoms with E-state index in [1.54, 1.807) is 0 Å². The first-order chi connectivity index (χ1) is 10.1. The van der Waals surface area contributed by atoms with Crippen molar-refractivity contribution in [2.24, 2.45) is 17.3 Å². The Bertz CT molecular complexity index is 304. The molecular formula is C19H38N2. The highest BCUT2D eigenvalue weighted by Crippen LogP contribution is 2.41. The summed E-state index contributed by atoms with van der Waals surface area (Å²) in [5.41, 5.74) is 0.540. The fourth-order valence-corrected chi connectivity index (χ4v) is 4.73. The average molecular weight is 295 g/mol. The minimum atomic E-state index is 0.540. The summed E-state index contributed by atoms with van der Waals surface area (Å²) in [4.78, 5) is 2.82. The Balaban J connectivity index is 2.00. The van der Waals surface area contributed by atoms with E-state index in [0.29, 0.717) is 5.41 Å². The van der Waals surface area contributed by atoms with Crippen LogP contribution >= 0.6 is 0 Å². The van der Waals surface area contributed by atoms with Crippen molar-refractivity contribution in [3.8, 4) is 0 Å². The number of piperidine rings is 1. The second-order valence-electron chi connectivity index (χ2n) is 8.21.